The number of carbonyl (C=O) groups is 1. The molecule has 86 valence electrons. The highest BCUT2D eigenvalue weighted by atomic mass is 16.1. The van der Waals surface area contributed by atoms with Crippen molar-refractivity contribution < 1.29 is 4.79 Å². The lowest BCUT2D eigenvalue weighted by Gasteiger charge is -2.39. The van der Waals surface area contributed by atoms with Gasteiger partial charge < -0.3 is 0 Å². The molecule has 1 aliphatic rings. The molecule has 1 rings (SSSR count). The minimum Gasteiger partial charge on any atom is -0.292 e. The second kappa shape index (κ2) is 4.93. The van der Waals surface area contributed by atoms with Gasteiger partial charge in [0.15, 0.2) is 5.78 Å². The summed E-state index contributed by atoms with van der Waals surface area (Å²) in [5.41, 5.74) is 0.499. The highest BCUT2D eigenvalue weighted by molar-refractivity contribution is 6.01. The summed E-state index contributed by atoms with van der Waals surface area (Å²) in [6.07, 6.45) is 4.38. The molecule has 2 nitrogen and oxygen atoms in total. The lowest BCUT2D eigenvalue weighted by molar-refractivity contribution is -0.127. The van der Waals surface area contributed by atoms with E-state index in [-0.39, 0.29) is 11.3 Å². The predicted octanol–water partition coefficient (Wildman–Crippen LogP) is 2.79. The minimum absolute atomic E-state index is 0.213. The molecule has 0 aromatic heterocycles. The summed E-state index contributed by atoms with van der Waals surface area (Å²) >= 11 is 0. The second-order valence-electron chi connectivity index (χ2n) is 4.52. The molecule has 0 aromatic carbocycles. The van der Waals surface area contributed by atoms with Crippen LogP contribution in [0, 0.1) is 0 Å². The number of hydrogen-bond donors (Lipinski definition) is 0. The van der Waals surface area contributed by atoms with Gasteiger partial charge >= 0.3 is 0 Å². The maximum absolute atomic E-state index is 12.3. The van der Waals surface area contributed by atoms with Crippen LogP contribution in [0.15, 0.2) is 12.2 Å². The molecule has 0 aliphatic heterocycles. The van der Waals surface area contributed by atoms with Gasteiger partial charge in [-0.2, -0.15) is 0 Å². The first-order valence-corrected chi connectivity index (χ1v) is 6.04. The third-order valence-corrected chi connectivity index (χ3v) is 3.61. The van der Waals surface area contributed by atoms with Crippen LogP contribution in [-0.2, 0) is 4.79 Å². The third-order valence-electron chi connectivity index (χ3n) is 3.61. The van der Waals surface area contributed by atoms with Crippen LogP contribution in [0.4, 0.5) is 0 Å². The molecule has 0 spiro atoms. The largest absolute Gasteiger partial charge is 0.292 e. The van der Waals surface area contributed by atoms with E-state index in [2.05, 4.69) is 25.3 Å². The fraction of sp³-hybridized carbons (Fsp3) is 0.769. The van der Waals surface area contributed by atoms with Gasteiger partial charge in [0.1, 0.15) is 0 Å². The van der Waals surface area contributed by atoms with Crippen molar-refractivity contribution >= 4 is 5.78 Å². The first-order chi connectivity index (χ1) is 7.08. The van der Waals surface area contributed by atoms with Crippen LogP contribution in [0.25, 0.3) is 0 Å². The molecule has 0 amide bonds. The first kappa shape index (κ1) is 12.4. The summed E-state index contributed by atoms with van der Waals surface area (Å²) < 4.78 is 0. The maximum atomic E-state index is 12.3. The van der Waals surface area contributed by atoms with E-state index in [0.29, 0.717) is 5.57 Å². The van der Waals surface area contributed by atoms with Crippen molar-refractivity contribution in [1.29, 1.82) is 0 Å². The van der Waals surface area contributed by atoms with Crippen molar-refractivity contribution in [1.82, 2.24) is 4.90 Å². The van der Waals surface area contributed by atoms with Gasteiger partial charge in [-0.05, 0) is 38.4 Å². The van der Waals surface area contributed by atoms with Crippen molar-refractivity contribution in [3.05, 3.63) is 12.2 Å². The summed E-state index contributed by atoms with van der Waals surface area (Å²) in [7, 11) is 0. The Kier molecular flexibility index (Phi) is 4.09. The van der Waals surface area contributed by atoms with E-state index in [9.17, 15) is 4.79 Å². The van der Waals surface area contributed by atoms with Crippen molar-refractivity contribution in [2.24, 2.45) is 0 Å². The summed E-state index contributed by atoms with van der Waals surface area (Å²) in [4.78, 5) is 14.6. The molecule has 0 radical (unpaired) electrons. The Labute approximate surface area is 93.3 Å². The van der Waals surface area contributed by atoms with Crippen LogP contribution in [0.2, 0.25) is 0 Å². The number of hydrogen-bond acceptors (Lipinski definition) is 2. The van der Waals surface area contributed by atoms with Crippen LogP contribution in [0.5, 0.6) is 0 Å². The third kappa shape index (κ3) is 2.15. The Morgan fingerprint density at radius 2 is 1.73 bits per heavy atom. The summed E-state index contributed by atoms with van der Waals surface area (Å²) in [5, 5.41) is 0. The Morgan fingerprint density at radius 1 is 1.27 bits per heavy atom. The van der Waals surface area contributed by atoms with E-state index >= 15 is 0 Å². The number of ketones is 1. The maximum Gasteiger partial charge on any atom is 0.178 e. The molecular weight excluding hydrogens is 186 g/mol. The van der Waals surface area contributed by atoms with Gasteiger partial charge in [-0.25, -0.2) is 0 Å². The number of Topliss-reactive ketones (excluding diaryl/α,β-unsaturated/α-hetero) is 1. The van der Waals surface area contributed by atoms with Crippen molar-refractivity contribution in [2.75, 3.05) is 13.1 Å². The number of nitrogens with zero attached hydrogens (tertiary/aromatic N) is 1. The van der Waals surface area contributed by atoms with Crippen LogP contribution >= 0.6 is 0 Å². The molecule has 15 heavy (non-hydrogen) atoms. The van der Waals surface area contributed by atoms with E-state index in [1.54, 1.807) is 0 Å². The molecule has 0 atom stereocenters. The van der Waals surface area contributed by atoms with Crippen LogP contribution < -0.4 is 0 Å². The molecule has 0 N–H and O–H groups in total. The van der Waals surface area contributed by atoms with Crippen LogP contribution in [0.3, 0.4) is 0 Å². The van der Waals surface area contributed by atoms with Gasteiger partial charge in [-0.15, -0.1) is 0 Å². The average Bonchev–Trinajstić information content (AvgIpc) is 2.68. The number of likely N-dealkylation sites (N-methyl/N-ethyl adjacent to an activating group) is 1. The zero-order valence-corrected chi connectivity index (χ0v) is 10.3. The molecule has 0 saturated heterocycles. The lowest BCUT2D eigenvalue weighted by Crippen LogP contribution is -2.52. The fourth-order valence-corrected chi connectivity index (χ4v) is 2.87. The van der Waals surface area contributed by atoms with E-state index in [1.807, 2.05) is 6.92 Å². The number of carbonyl (C=O) groups excluding carboxylic acids is 1. The van der Waals surface area contributed by atoms with Crippen LogP contribution in [0.1, 0.15) is 46.5 Å². The van der Waals surface area contributed by atoms with Crippen molar-refractivity contribution in [3.8, 4) is 0 Å². The highest BCUT2D eigenvalue weighted by Gasteiger charge is 2.44. The van der Waals surface area contributed by atoms with Gasteiger partial charge in [-0.3, -0.25) is 9.69 Å². The summed E-state index contributed by atoms with van der Waals surface area (Å²) in [6, 6.07) is 0. The quantitative estimate of drug-likeness (QED) is 0.649. The Bertz CT molecular complexity index is 247. The van der Waals surface area contributed by atoms with Crippen molar-refractivity contribution in [2.45, 2.75) is 52.0 Å². The molecule has 0 aromatic rings. The minimum atomic E-state index is -0.213. The molecule has 0 bridgehead atoms. The Hall–Kier alpha value is -0.630. The Balaban J connectivity index is 2.96. The smallest absolute Gasteiger partial charge is 0.178 e. The second-order valence-corrected chi connectivity index (χ2v) is 4.52. The van der Waals surface area contributed by atoms with Gasteiger partial charge in [-0.1, -0.05) is 33.3 Å². The van der Waals surface area contributed by atoms with E-state index < -0.39 is 0 Å². The molecule has 1 fully saturated rings. The first-order valence-electron chi connectivity index (χ1n) is 6.04. The van der Waals surface area contributed by atoms with Gasteiger partial charge in [0.2, 0.25) is 0 Å². The molecule has 1 aliphatic carbocycles. The molecular formula is C13H23NO. The molecule has 0 heterocycles. The van der Waals surface area contributed by atoms with Gasteiger partial charge in [0, 0.05) is 0 Å². The lowest BCUT2D eigenvalue weighted by atomic mass is 9.86. The summed E-state index contributed by atoms with van der Waals surface area (Å²) in [6.45, 7) is 11.8. The topological polar surface area (TPSA) is 20.3 Å². The summed E-state index contributed by atoms with van der Waals surface area (Å²) in [5.74, 6) is 0.267. The van der Waals surface area contributed by atoms with Gasteiger partial charge in [0.05, 0.1) is 5.54 Å². The standard InChI is InChI=1S/C13H23NO/c1-5-14(6-2)13(9-7-8-10-13)12(15)11(3)4/h3,5-10H2,1-2,4H3. The van der Waals surface area contributed by atoms with E-state index in [4.69, 9.17) is 0 Å². The normalized spacial score (nSPS) is 19.5. The fourth-order valence-electron chi connectivity index (χ4n) is 2.87. The number of rotatable bonds is 5. The SMILES string of the molecule is C=C(C)C(=O)C1(N(CC)CC)CCCC1. The van der Waals surface area contributed by atoms with E-state index in [1.165, 1.54) is 12.8 Å². The molecule has 0 unspecified atom stereocenters. The van der Waals surface area contributed by atoms with E-state index in [0.717, 1.165) is 25.9 Å². The molecule has 1 saturated carbocycles. The zero-order valence-electron chi connectivity index (χ0n) is 10.3. The van der Waals surface area contributed by atoms with Crippen LogP contribution in [-0.4, -0.2) is 29.3 Å². The average molecular weight is 209 g/mol. The van der Waals surface area contributed by atoms with Gasteiger partial charge in [0.25, 0.3) is 0 Å². The molecule has 2 heteroatoms. The zero-order chi connectivity index (χ0) is 11.5. The Morgan fingerprint density at radius 3 is 2.07 bits per heavy atom. The highest BCUT2D eigenvalue weighted by Crippen LogP contribution is 2.37. The van der Waals surface area contributed by atoms with Crippen molar-refractivity contribution in [3.63, 3.8) is 0 Å². The predicted molar refractivity (Wildman–Crippen MR) is 63.9 cm³/mol. The monoisotopic (exact) mass is 209 g/mol.